The minimum atomic E-state index is 0.793. The summed E-state index contributed by atoms with van der Waals surface area (Å²) in [5.41, 5.74) is 1.53. The molecule has 0 amide bonds. The molecule has 1 atom stereocenters. The highest BCUT2D eigenvalue weighted by molar-refractivity contribution is 5.20. The molecule has 0 bridgehead atoms. The van der Waals surface area contributed by atoms with E-state index in [2.05, 4.69) is 45.9 Å². The molecule has 0 N–H and O–H groups in total. The van der Waals surface area contributed by atoms with E-state index in [-0.39, 0.29) is 0 Å². The van der Waals surface area contributed by atoms with Crippen molar-refractivity contribution in [2.45, 2.75) is 59.8 Å². The predicted molar refractivity (Wildman–Crippen MR) is 66.5 cm³/mol. The van der Waals surface area contributed by atoms with Crippen LogP contribution in [0.4, 0.5) is 0 Å². The van der Waals surface area contributed by atoms with Crippen LogP contribution in [0.1, 0.15) is 59.8 Å². The number of rotatable bonds is 7. The molecule has 0 heterocycles. The van der Waals surface area contributed by atoms with Crippen LogP contribution in [0.2, 0.25) is 0 Å². The first kappa shape index (κ1) is 13.5. The van der Waals surface area contributed by atoms with Crippen molar-refractivity contribution in [3.05, 3.63) is 23.8 Å². The Morgan fingerprint density at radius 3 is 2.21 bits per heavy atom. The summed E-state index contributed by atoms with van der Waals surface area (Å²) in [6.45, 7) is 8.81. The third kappa shape index (κ3) is 5.26. The second kappa shape index (κ2) is 9.05. The maximum Gasteiger partial charge on any atom is -0.0165 e. The van der Waals surface area contributed by atoms with Crippen LogP contribution in [-0.2, 0) is 0 Å². The Morgan fingerprint density at radius 1 is 1.07 bits per heavy atom. The fourth-order valence-electron chi connectivity index (χ4n) is 1.94. The minimum Gasteiger partial charge on any atom is -0.0874 e. The quantitative estimate of drug-likeness (QED) is 0.494. The van der Waals surface area contributed by atoms with Crippen molar-refractivity contribution < 1.29 is 0 Å². The van der Waals surface area contributed by atoms with Gasteiger partial charge in [-0.1, -0.05) is 51.3 Å². The lowest BCUT2D eigenvalue weighted by Crippen LogP contribution is -2.02. The molecule has 0 heteroatoms. The van der Waals surface area contributed by atoms with Crippen LogP contribution in [-0.4, -0.2) is 0 Å². The van der Waals surface area contributed by atoms with Gasteiger partial charge in [0.15, 0.2) is 0 Å². The molecule has 0 rings (SSSR count). The van der Waals surface area contributed by atoms with Crippen LogP contribution in [0.25, 0.3) is 0 Å². The third-order valence-corrected chi connectivity index (χ3v) is 2.71. The van der Waals surface area contributed by atoms with Crippen molar-refractivity contribution in [2.75, 3.05) is 0 Å². The number of allylic oxidation sites excluding steroid dienone is 4. The Bertz CT molecular complexity index is 174. The van der Waals surface area contributed by atoms with E-state index in [0.29, 0.717) is 0 Å². The van der Waals surface area contributed by atoms with Gasteiger partial charge < -0.3 is 0 Å². The molecule has 0 radical (unpaired) electrons. The lowest BCUT2D eigenvalue weighted by Gasteiger charge is -2.17. The van der Waals surface area contributed by atoms with Crippen molar-refractivity contribution in [1.29, 1.82) is 0 Å². The Kier molecular flexibility index (Phi) is 8.72. The van der Waals surface area contributed by atoms with E-state index in [1.54, 1.807) is 0 Å². The maximum absolute atomic E-state index is 2.28. The fraction of sp³-hybridized carbons (Fsp3) is 0.714. The first-order chi connectivity index (χ1) is 6.79. The molecule has 0 aromatic heterocycles. The molecule has 14 heavy (non-hydrogen) atoms. The van der Waals surface area contributed by atoms with Crippen LogP contribution >= 0.6 is 0 Å². The molecule has 82 valence electrons. The van der Waals surface area contributed by atoms with Crippen molar-refractivity contribution in [3.63, 3.8) is 0 Å². The van der Waals surface area contributed by atoms with Crippen LogP contribution in [0.3, 0.4) is 0 Å². The van der Waals surface area contributed by atoms with Gasteiger partial charge in [-0.2, -0.15) is 0 Å². The highest BCUT2D eigenvalue weighted by Crippen LogP contribution is 2.24. The Labute approximate surface area is 90.1 Å². The molecule has 0 spiro atoms. The average molecular weight is 194 g/mol. The van der Waals surface area contributed by atoms with Gasteiger partial charge in [0.05, 0.1) is 0 Å². The van der Waals surface area contributed by atoms with Crippen molar-refractivity contribution in [3.8, 4) is 0 Å². The molecule has 0 aliphatic carbocycles. The van der Waals surface area contributed by atoms with Gasteiger partial charge >= 0.3 is 0 Å². The summed E-state index contributed by atoms with van der Waals surface area (Å²) < 4.78 is 0. The van der Waals surface area contributed by atoms with Gasteiger partial charge in [0.25, 0.3) is 0 Å². The fourth-order valence-corrected chi connectivity index (χ4v) is 1.94. The van der Waals surface area contributed by atoms with Gasteiger partial charge in [0.2, 0.25) is 0 Å². The van der Waals surface area contributed by atoms with Gasteiger partial charge in [0.1, 0.15) is 0 Å². The Balaban J connectivity index is 4.28. The largest absolute Gasteiger partial charge is 0.0874 e. The molecule has 0 aliphatic rings. The van der Waals surface area contributed by atoms with Crippen molar-refractivity contribution in [2.24, 2.45) is 5.92 Å². The zero-order chi connectivity index (χ0) is 10.8. The molecule has 1 unspecified atom stereocenters. The van der Waals surface area contributed by atoms with Crippen LogP contribution in [0.15, 0.2) is 23.8 Å². The molecular formula is C14H26. The zero-order valence-corrected chi connectivity index (χ0v) is 10.3. The Morgan fingerprint density at radius 2 is 1.79 bits per heavy atom. The summed E-state index contributed by atoms with van der Waals surface area (Å²) in [6.07, 6.45) is 13.4. The van der Waals surface area contributed by atoms with Gasteiger partial charge in [0, 0.05) is 0 Å². The molecule has 0 nitrogen and oxygen atoms in total. The van der Waals surface area contributed by atoms with Crippen molar-refractivity contribution >= 4 is 0 Å². The summed E-state index contributed by atoms with van der Waals surface area (Å²) in [7, 11) is 0. The summed E-state index contributed by atoms with van der Waals surface area (Å²) in [6, 6.07) is 0. The third-order valence-electron chi connectivity index (χ3n) is 2.71. The standard InChI is InChI=1S/C14H26/c1-5-9-12-14(11-7-3)13(8-4)10-6-2/h6,8,10,14H,5,7,9,11-12H2,1-4H3/b10-6-,13-8+. The summed E-state index contributed by atoms with van der Waals surface area (Å²) in [5.74, 6) is 0.793. The van der Waals surface area contributed by atoms with E-state index in [1.165, 1.54) is 37.7 Å². The topological polar surface area (TPSA) is 0 Å². The second-order valence-corrected chi connectivity index (χ2v) is 3.92. The Hall–Kier alpha value is -0.520. The second-order valence-electron chi connectivity index (χ2n) is 3.92. The SMILES string of the molecule is C/C=C\C(=C/C)C(CCC)CCCC. The highest BCUT2D eigenvalue weighted by Gasteiger charge is 2.09. The lowest BCUT2D eigenvalue weighted by molar-refractivity contribution is 0.496. The normalized spacial score (nSPS) is 15.0. The molecule has 0 aromatic carbocycles. The lowest BCUT2D eigenvalue weighted by atomic mass is 9.89. The van der Waals surface area contributed by atoms with Gasteiger partial charge in [-0.15, -0.1) is 0 Å². The van der Waals surface area contributed by atoms with Gasteiger partial charge in [-0.25, -0.2) is 0 Å². The number of hydrogen-bond acceptors (Lipinski definition) is 0. The van der Waals surface area contributed by atoms with E-state index in [4.69, 9.17) is 0 Å². The molecule has 0 fully saturated rings. The first-order valence-electron chi connectivity index (χ1n) is 6.08. The zero-order valence-electron chi connectivity index (χ0n) is 10.3. The molecule has 0 saturated heterocycles. The van der Waals surface area contributed by atoms with E-state index in [0.717, 1.165) is 5.92 Å². The van der Waals surface area contributed by atoms with E-state index in [1.807, 2.05) is 0 Å². The van der Waals surface area contributed by atoms with Crippen LogP contribution in [0.5, 0.6) is 0 Å². The van der Waals surface area contributed by atoms with E-state index < -0.39 is 0 Å². The average Bonchev–Trinajstić information content (AvgIpc) is 2.21. The summed E-state index contributed by atoms with van der Waals surface area (Å²) >= 11 is 0. The van der Waals surface area contributed by atoms with E-state index >= 15 is 0 Å². The molecule has 0 aliphatic heterocycles. The smallest absolute Gasteiger partial charge is 0.0165 e. The van der Waals surface area contributed by atoms with E-state index in [9.17, 15) is 0 Å². The molecule has 0 aromatic rings. The van der Waals surface area contributed by atoms with Crippen LogP contribution in [0, 0.1) is 5.92 Å². The predicted octanol–water partition coefficient (Wildman–Crippen LogP) is 5.12. The monoisotopic (exact) mass is 194 g/mol. The van der Waals surface area contributed by atoms with Gasteiger partial charge in [-0.05, 0) is 38.2 Å². The van der Waals surface area contributed by atoms with Crippen molar-refractivity contribution in [1.82, 2.24) is 0 Å². The highest BCUT2D eigenvalue weighted by atomic mass is 14.1. The number of unbranched alkanes of at least 4 members (excludes halogenated alkanes) is 1. The first-order valence-corrected chi connectivity index (χ1v) is 6.08. The van der Waals surface area contributed by atoms with Crippen LogP contribution < -0.4 is 0 Å². The molecular weight excluding hydrogens is 168 g/mol. The maximum atomic E-state index is 2.28. The minimum absolute atomic E-state index is 0.793. The van der Waals surface area contributed by atoms with Gasteiger partial charge in [-0.3, -0.25) is 0 Å². The summed E-state index contributed by atoms with van der Waals surface area (Å²) in [4.78, 5) is 0. The molecule has 0 saturated carbocycles. The summed E-state index contributed by atoms with van der Waals surface area (Å²) in [5, 5.41) is 0. The number of hydrogen-bond donors (Lipinski definition) is 0.